The van der Waals surface area contributed by atoms with Crippen molar-refractivity contribution in [1.82, 2.24) is 0 Å². The highest BCUT2D eigenvalue weighted by atomic mass is 32.2. The van der Waals surface area contributed by atoms with E-state index in [0.29, 0.717) is 17.0 Å². The Morgan fingerprint density at radius 3 is 2.43 bits per heavy atom. The number of nitrogens with zero attached hydrogens (tertiary/aromatic N) is 1. The molecule has 2 rings (SSSR count). The molecule has 1 aromatic heterocycles. The van der Waals surface area contributed by atoms with Crippen LogP contribution in [0.5, 0.6) is 0 Å². The Labute approximate surface area is 125 Å². The van der Waals surface area contributed by atoms with Crippen LogP contribution < -0.4 is 10.5 Å². The Hall–Kier alpha value is -2.13. The second kappa shape index (κ2) is 5.34. The first-order valence-corrected chi connectivity index (χ1v) is 8.14. The lowest BCUT2D eigenvalue weighted by Crippen LogP contribution is -2.11. The van der Waals surface area contributed by atoms with Gasteiger partial charge in [-0.3, -0.25) is 14.8 Å². The number of hydrogen-bond acceptors (Lipinski definition) is 6. The van der Waals surface area contributed by atoms with E-state index in [1.807, 2.05) is 13.8 Å². The zero-order valence-electron chi connectivity index (χ0n) is 11.3. The maximum Gasteiger partial charge on any atom is 0.304 e. The van der Waals surface area contributed by atoms with Gasteiger partial charge in [-0.1, -0.05) is 17.4 Å². The Balaban J connectivity index is 2.36. The minimum absolute atomic E-state index is 0.138. The summed E-state index contributed by atoms with van der Waals surface area (Å²) in [5.41, 5.74) is 7.43. The fourth-order valence-electron chi connectivity index (χ4n) is 1.66. The first kappa shape index (κ1) is 15.3. The number of anilines is 2. The summed E-state index contributed by atoms with van der Waals surface area (Å²) in [5, 5.41) is 10.6. The standard InChI is InChI=1S/C12H13N3O4S2/c1-7-3-4-9(5-8(7)2)14-21(18,19)11-6-10(15(16)17)12(13)20-11/h3-6,14H,13H2,1-2H3. The summed E-state index contributed by atoms with van der Waals surface area (Å²) in [6.07, 6.45) is 0. The van der Waals surface area contributed by atoms with Gasteiger partial charge in [0.1, 0.15) is 4.21 Å². The molecule has 0 aliphatic rings. The van der Waals surface area contributed by atoms with E-state index in [1.165, 1.54) is 0 Å². The molecule has 0 saturated carbocycles. The van der Waals surface area contributed by atoms with Crippen molar-refractivity contribution < 1.29 is 13.3 Å². The predicted octanol–water partition coefficient (Wildman–Crippen LogP) is 2.66. The molecular weight excluding hydrogens is 314 g/mol. The quantitative estimate of drug-likeness (QED) is 0.661. The molecule has 0 bridgehead atoms. The van der Waals surface area contributed by atoms with Gasteiger partial charge in [0.05, 0.1) is 4.92 Å². The van der Waals surface area contributed by atoms with E-state index in [1.54, 1.807) is 18.2 Å². The van der Waals surface area contributed by atoms with Gasteiger partial charge in [-0.15, -0.1) is 0 Å². The van der Waals surface area contributed by atoms with Crippen LogP contribution >= 0.6 is 11.3 Å². The molecule has 0 spiro atoms. The fourth-order valence-corrected chi connectivity index (χ4v) is 3.92. The molecule has 21 heavy (non-hydrogen) atoms. The topological polar surface area (TPSA) is 115 Å². The van der Waals surface area contributed by atoms with Crippen molar-refractivity contribution in [2.24, 2.45) is 0 Å². The summed E-state index contributed by atoms with van der Waals surface area (Å²) >= 11 is 0.662. The molecule has 0 aliphatic heterocycles. The number of nitrogens with one attached hydrogen (secondary N) is 1. The number of benzene rings is 1. The Morgan fingerprint density at radius 2 is 1.90 bits per heavy atom. The average Bonchev–Trinajstić information content (AvgIpc) is 2.77. The number of thiophene rings is 1. The Kier molecular flexibility index (Phi) is 3.88. The Bertz CT molecular complexity index is 812. The first-order valence-electron chi connectivity index (χ1n) is 5.84. The highest BCUT2D eigenvalue weighted by Crippen LogP contribution is 2.35. The van der Waals surface area contributed by atoms with Gasteiger partial charge < -0.3 is 5.73 Å². The van der Waals surface area contributed by atoms with Crippen LogP contribution in [0.2, 0.25) is 0 Å². The molecule has 1 heterocycles. The summed E-state index contributed by atoms with van der Waals surface area (Å²) in [6, 6.07) is 6.07. The van der Waals surface area contributed by atoms with Crippen molar-refractivity contribution in [2.75, 3.05) is 10.5 Å². The maximum atomic E-state index is 12.2. The largest absolute Gasteiger partial charge is 0.385 e. The number of aryl methyl sites for hydroxylation is 2. The van der Waals surface area contributed by atoms with Crippen molar-refractivity contribution in [3.63, 3.8) is 0 Å². The third-order valence-corrected chi connectivity index (χ3v) is 5.75. The number of rotatable bonds is 4. The highest BCUT2D eigenvalue weighted by molar-refractivity contribution is 7.94. The summed E-state index contributed by atoms with van der Waals surface area (Å²) in [7, 11) is -3.89. The van der Waals surface area contributed by atoms with Gasteiger partial charge in [0.25, 0.3) is 10.0 Å². The third-order valence-electron chi connectivity index (χ3n) is 2.94. The number of sulfonamides is 1. The number of nitrogens with two attached hydrogens (primary N) is 1. The van der Waals surface area contributed by atoms with E-state index in [4.69, 9.17) is 5.73 Å². The van der Waals surface area contributed by atoms with Gasteiger partial charge in [-0.05, 0) is 37.1 Å². The van der Waals surface area contributed by atoms with Gasteiger partial charge in [-0.2, -0.15) is 0 Å². The van der Waals surface area contributed by atoms with Crippen LogP contribution in [-0.2, 0) is 10.0 Å². The lowest BCUT2D eigenvalue weighted by atomic mass is 10.1. The van der Waals surface area contributed by atoms with Gasteiger partial charge >= 0.3 is 5.69 Å². The smallest absolute Gasteiger partial charge is 0.304 e. The van der Waals surface area contributed by atoms with Crippen LogP contribution in [0.1, 0.15) is 11.1 Å². The maximum absolute atomic E-state index is 12.2. The second-order valence-corrected chi connectivity index (χ2v) is 7.47. The van der Waals surface area contributed by atoms with E-state index in [0.717, 1.165) is 17.2 Å². The number of hydrogen-bond donors (Lipinski definition) is 2. The average molecular weight is 327 g/mol. The number of nitro groups is 1. The Morgan fingerprint density at radius 1 is 1.24 bits per heavy atom. The van der Waals surface area contributed by atoms with Gasteiger partial charge in [0, 0.05) is 11.8 Å². The summed E-state index contributed by atoms with van der Waals surface area (Å²) in [4.78, 5) is 10.0. The molecule has 0 atom stereocenters. The van der Waals surface area contributed by atoms with E-state index >= 15 is 0 Å². The van der Waals surface area contributed by atoms with E-state index in [-0.39, 0.29) is 9.21 Å². The molecule has 0 unspecified atom stereocenters. The molecule has 7 nitrogen and oxygen atoms in total. The fraction of sp³-hybridized carbons (Fsp3) is 0.167. The zero-order valence-corrected chi connectivity index (χ0v) is 12.9. The second-order valence-electron chi connectivity index (χ2n) is 4.48. The van der Waals surface area contributed by atoms with Gasteiger partial charge in [-0.25, -0.2) is 8.42 Å². The lowest BCUT2D eigenvalue weighted by molar-refractivity contribution is -0.383. The molecule has 112 valence electrons. The van der Waals surface area contributed by atoms with Crippen LogP contribution in [0.15, 0.2) is 28.5 Å². The molecule has 0 saturated heterocycles. The van der Waals surface area contributed by atoms with Crippen molar-refractivity contribution in [2.45, 2.75) is 18.1 Å². The summed E-state index contributed by atoms with van der Waals surface area (Å²) in [6.45, 7) is 3.78. The number of nitrogen functional groups attached to an aromatic ring is 1. The highest BCUT2D eigenvalue weighted by Gasteiger charge is 2.24. The van der Waals surface area contributed by atoms with E-state index < -0.39 is 20.6 Å². The first-order chi connectivity index (χ1) is 9.70. The van der Waals surface area contributed by atoms with Crippen molar-refractivity contribution in [3.05, 3.63) is 45.5 Å². The molecule has 0 radical (unpaired) electrons. The molecule has 9 heteroatoms. The van der Waals surface area contributed by atoms with Gasteiger partial charge in [0.15, 0.2) is 5.00 Å². The van der Waals surface area contributed by atoms with Gasteiger partial charge in [0.2, 0.25) is 0 Å². The minimum atomic E-state index is -3.89. The van der Waals surface area contributed by atoms with Crippen molar-refractivity contribution in [1.29, 1.82) is 0 Å². The lowest BCUT2D eigenvalue weighted by Gasteiger charge is -2.08. The molecule has 1 aromatic carbocycles. The zero-order chi connectivity index (χ0) is 15.8. The van der Waals surface area contributed by atoms with Crippen LogP contribution in [-0.4, -0.2) is 13.3 Å². The van der Waals surface area contributed by atoms with E-state index in [2.05, 4.69) is 4.72 Å². The van der Waals surface area contributed by atoms with Crippen molar-refractivity contribution >= 4 is 37.7 Å². The third kappa shape index (κ3) is 3.14. The van der Waals surface area contributed by atoms with Crippen LogP contribution in [0, 0.1) is 24.0 Å². The van der Waals surface area contributed by atoms with Crippen LogP contribution in [0.3, 0.4) is 0 Å². The summed E-state index contributed by atoms with van der Waals surface area (Å²) in [5.74, 6) is 0. The SMILES string of the molecule is Cc1ccc(NS(=O)(=O)c2cc([N+](=O)[O-])c(N)s2)cc1C. The molecule has 3 N–H and O–H groups in total. The normalized spacial score (nSPS) is 11.3. The molecule has 2 aromatic rings. The minimum Gasteiger partial charge on any atom is -0.385 e. The molecule has 0 fully saturated rings. The van der Waals surface area contributed by atoms with E-state index in [9.17, 15) is 18.5 Å². The predicted molar refractivity (Wildman–Crippen MR) is 82.1 cm³/mol. The molecular formula is C12H13N3O4S2. The monoisotopic (exact) mass is 327 g/mol. The molecule has 0 aliphatic carbocycles. The van der Waals surface area contributed by atoms with Crippen molar-refractivity contribution in [3.8, 4) is 0 Å². The van der Waals surface area contributed by atoms with Crippen LogP contribution in [0.4, 0.5) is 16.4 Å². The molecule has 0 amide bonds. The van der Waals surface area contributed by atoms with Crippen LogP contribution in [0.25, 0.3) is 0 Å². The summed E-state index contributed by atoms with van der Waals surface area (Å²) < 4.78 is 26.6.